The van der Waals surface area contributed by atoms with Gasteiger partial charge in [-0.3, -0.25) is 0 Å². The molecule has 0 fully saturated rings. The SMILES string of the molecule is C=Cc1cccc(CC)c1C=C.CC. The van der Waals surface area contributed by atoms with Crippen LogP contribution < -0.4 is 0 Å². The average molecular weight is 188 g/mol. The lowest BCUT2D eigenvalue weighted by molar-refractivity contribution is 1.13. The summed E-state index contributed by atoms with van der Waals surface area (Å²) in [6, 6.07) is 6.25. The van der Waals surface area contributed by atoms with Crippen LogP contribution in [0, 0.1) is 0 Å². The summed E-state index contributed by atoms with van der Waals surface area (Å²) in [5.74, 6) is 0. The first-order chi connectivity index (χ1) is 6.83. The van der Waals surface area contributed by atoms with Crippen molar-refractivity contribution in [1.29, 1.82) is 0 Å². The molecule has 76 valence electrons. The van der Waals surface area contributed by atoms with Crippen LogP contribution in [0.1, 0.15) is 37.5 Å². The quantitative estimate of drug-likeness (QED) is 0.652. The largest absolute Gasteiger partial charge is 0.0984 e. The van der Waals surface area contributed by atoms with Crippen molar-refractivity contribution >= 4 is 12.2 Å². The molecule has 0 heteroatoms. The predicted octanol–water partition coefficient (Wildman–Crippen LogP) is 4.56. The maximum Gasteiger partial charge on any atom is -0.0158 e. The van der Waals surface area contributed by atoms with Gasteiger partial charge in [0.2, 0.25) is 0 Å². The van der Waals surface area contributed by atoms with E-state index in [1.807, 2.05) is 26.0 Å². The second kappa shape index (κ2) is 7.14. The summed E-state index contributed by atoms with van der Waals surface area (Å²) in [6.07, 6.45) is 4.81. The van der Waals surface area contributed by atoms with Crippen LogP contribution in [-0.4, -0.2) is 0 Å². The fourth-order valence-corrected chi connectivity index (χ4v) is 1.37. The third-order valence-electron chi connectivity index (χ3n) is 2.04. The van der Waals surface area contributed by atoms with E-state index in [0.717, 1.165) is 6.42 Å². The lowest BCUT2D eigenvalue weighted by atomic mass is 9.99. The average Bonchev–Trinajstić information content (AvgIpc) is 2.30. The molecule has 0 spiro atoms. The van der Waals surface area contributed by atoms with Gasteiger partial charge >= 0.3 is 0 Å². The summed E-state index contributed by atoms with van der Waals surface area (Å²) in [7, 11) is 0. The lowest BCUT2D eigenvalue weighted by Crippen LogP contribution is -1.88. The Morgan fingerprint density at radius 1 is 1.14 bits per heavy atom. The van der Waals surface area contributed by atoms with E-state index in [4.69, 9.17) is 0 Å². The third-order valence-corrected chi connectivity index (χ3v) is 2.04. The highest BCUT2D eigenvalue weighted by Gasteiger charge is 1.99. The Morgan fingerprint density at radius 2 is 1.79 bits per heavy atom. The molecule has 0 aromatic heterocycles. The summed E-state index contributed by atoms with van der Waals surface area (Å²) < 4.78 is 0. The molecular weight excluding hydrogens is 168 g/mol. The van der Waals surface area contributed by atoms with Gasteiger partial charge in [-0.25, -0.2) is 0 Å². The highest BCUT2D eigenvalue weighted by molar-refractivity contribution is 5.66. The Bertz CT molecular complexity index is 295. The fraction of sp³-hybridized carbons (Fsp3) is 0.286. The zero-order chi connectivity index (χ0) is 11.0. The van der Waals surface area contributed by atoms with Gasteiger partial charge in [-0.05, 0) is 23.1 Å². The second-order valence-corrected chi connectivity index (χ2v) is 2.68. The normalized spacial score (nSPS) is 8.50. The van der Waals surface area contributed by atoms with Crippen molar-refractivity contribution in [1.82, 2.24) is 0 Å². The first-order valence-electron chi connectivity index (χ1n) is 5.20. The van der Waals surface area contributed by atoms with Crippen LogP contribution in [0.5, 0.6) is 0 Å². The fourth-order valence-electron chi connectivity index (χ4n) is 1.37. The number of aryl methyl sites for hydroxylation is 1. The summed E-state index contributed by atoms with van der Waals surface area (Å²) in [6.45, 7) is 13.7. The molecule has 0 aliphatic carbocycles. The summed E-state index contributed by atoms with van der Waals surface area (Å²) >= 11 is 0. The Balaban J connectivity index is 0.000000791. The minimum Gasteiger partial charge on any atom is -0.0984 e. The molecule has 0 N–H and O–H groups in total. The van der Waals surface area contributed by atoms with Crippen molar-refractivity contribution in [2.75, 3.05) is 0 Å². The smallest absolute Gasteiger partial charge is 0.0158 e. The molecule has 0 saturated heterocycles. The van der Waals surface area contributed by atoms with Gasteiger partial charge in [0.05, 0.1) is 0 Å². The minimum atomic E-state index is 1.04. The Hall–Kier alpha value is -1.30. The summed E-state index contributed by atoms with van der Waals surface area (Å²) in [4.78, 5) is 0. The maximum absolute atomic E-state index is 3.80. The van der Waals surface area contributed by atoms with E-state index < -0.39 is 0 Å². The van der Waals surface area contributed by atoms with Crippen LogP contribution in [0.4, 0.5) is 0 Å². The minimum absolute atomic E-state index is 1.04. The first kappa shape index (κ1) is 12.7. The molecule has 1 aromatic carbocycles. The molecule has 1 aromatic rings. The highest BCUT2D eigenvalue weighted by atomic mass is 14.0. The zero-order valence-corrected chi connectivity index (χ0v) is 9.51. The Labute approximate surface area is 88.0 Å². The molecular formula is C14H20. The molecule has 0 atom stereocenters. The molecule has 0 amide bonds. The third kappa shape index (κ3) is 2.88. The van der Waals surface area contributed by atoms with Gasteiger partial charge in [0.1, 0.15) is 0 Å². The van der Waals surface area contributed by atoms with E-state index in [2.05, 4.69) is 38.3 Å². The topological polar surface area (TPSA) is 0 Å². The van der Waals surface area contributed by atoms with Gasteiger partial charge < -0.3 is 0 Å². The molecule has 14 heavy (non-hydrogen) atoms. The molecule has 0 saturated carbocycles. The van der Waals surface area contributed by atoms with E-state index in [9.17, 15) is 0 Å². The van der Waals surface area contributed by atoms with Gasteiger partial charge in [-0.1, -0.05) is 64.3 Å². The number of hydrogen-bond acceptors (Lipinski definition) is 0. The lowest BCUT2D eigenvalue weighted by Gasteiger charge is -2.06. The second-order valence-electron chi connectivity index (χ2n) is 2.68. The van der Waals surface area contributed by atoms with Gasteiger partial charge in [0, 0.05) is 0 Å². The van der Waals surface area contributed by atoms with Crippen molar-refractivity contribution in [3.63, 3.8) is 0 Å². The molecule has 0 nitrogen and oxygen atoms in total. The number of rotatable bonds is 3. The van der Waals surface area contributed by atoms with Gasteiger partial charge in [0.25, 0.3) is 0 Å². The molecule has 0 radical (unpaired) electrons. The number of benzene rings is 1. The van der Waals surface area contributed by atoms with Crippen molar-refractivity contribution in [3.05, 3.63) is 48.0 Å². The molecule has 0 bridgehead atoms. The summed E-state index contributed by atoms with van der Waals surface area (Å²) in [5, 5.41) is 0. The van der Waals surface area contributed by atoms with E-state index in [-0.39, 0.29) is 0 Å². The van der Waals surface area contributed by atoms with Crippen LogP contribution in [0.25, 0.3) is 12.2 Å². The standard InChI is InChI=1S/C12H14.C2H6/c1-4-10-8-7-9-11(5-2)12(10)6-3;1-2/h4,6-9H,1,3,5H2,2H3;1-2H3. The summed E-state index contributed by atoms with van der Waals surface area (Å²) in [5.41, 5.74) is 3.72. The predicted molar refractivity (Wildman–Crippen MR) is 67.4 cm³/mol. The van der Waals surface area contributed by atoms with Crippen LogP contribution in [0.3, 0.4) is 0 Å². The van der Waals surface area contributed by atoms with Crippen LogP contribution in [0.2, 0.25) is 0 Å². The van der Waals surface area contributed by atoms with Crippen LogP contribution in [-0.2, 0) is 6.42 Å². The molecule has 0 heterocycles. The van der Waals surface area contributed by atoms with Gasteiger partial charge in [0.15, 0.2) is 0 Å². The Morgan fingerprint density at radius 3 is 2.21 bits per heavy atom. The molecule has 0 unspecified atom stereocenters. The first-order valence-corrected chi connectivity index (χ1v) is 5.20. The van der Waals surface area contributed by atoms with E-state index in [0.29, 0.717) is 0 Å². The van der Waals surface area contributed by atoms with Crippen molar-refractivity contribution < 1.29 is 0 Å². The maximum atomic E-state index is 3.80. The molecule has 0 aliphatic heterocycles. The van der Waals surface area contributed by atoms with Crippen molar-refractivity contribution in [2.24, 2.45) is 0 Å². The van der Waals surface area contributed by atoms with Crippen LogP contribution >= 0.6 is 0 Å². The van der Waals surface area contributed by atoms with E-state index in [1.54, 1.807) is 0 Å². The van der Waals surface area contributed by atoms with Crippen molar-refractivity contribution in [2.45, 2.75) is 27.2 Å². The van der Waals surface area contributed by atoms with Gasteiger partial charge in [-0.2, -0.15) is 0 Å². The molecule has 1 rings (SSSR count). The van der Waals surface area contributed by atoms with Crippen LogP contribution in [0.15, 0.2) is 31.4 Å². The number of hydrogen-bond donors (Lipinski definition) is 0. The molecule has 0 aliphatic rings. The monoisotopic (exact) mass is 188 g/mol. The van der Waals surface area contributed by atoms with Gasteiger partial charge in [-0.15, -0.1) is 0 Å². The Kier molecular flexibility index (Phi) is 6.47. The zero-order valence-electron chi connectivity index (χ0n) is 9.51. The van der Waals surface area contributed by atoms with E-state index in [1.165, 1.54) is 16.7 Å². The van der Waals surface area contributed by atoms with E-state index >= 15 is 0 Å². The highest BCUT2D eigenvalue weighted by Crippen LogP contribution is 2.17. The van der Waals surface area contributed by atoms with Crippen molar-refractivity contribution in [3.8, 4) is 0 Å².